The molecule has 0 saturated carbocycles. The molecule has 1 unspecified atom stereocenters. The van der Waals surface area contributed by atoms with Crippen LogP contribution >= 0.6 is 0 Å². The van der Waals surface area contributed by atoms with E-state index in [2.05, 4.69) is 5.32 Å². The number of halogens is 6. The van der Waals surface area contributed by atoms with E-state index in [1.165, 1.54) is 5.32 Å². The van der Waals surface area contributed by atoms with Crippen LogP contribution in [-0.2, 0) is 9.59 Å². The number of rotatable bonds is 3. The number of hydrogen-bond donors (Lipinski definition) is 3. The number of alkyl halides is 6. The lowest BCUT2D eigenvalue weighted by molar-refractivity contribution is -0.176. The van der Waals surface area contributed by atoms with Gasteiger partial charge in [0.2, 0.25) is 0 Å². The van der Waals surface area contributed by atoms with E-state index < -0.39 is 36.3 Å². The van der Waals surface area contributed by atoms with Crippen LogP contribution < -0.4 is 16.0 Å². The molecule has 1 aliphatic rings. The Balaban J connectivity index is 2.69. The summed E-state index contributed by atoms with van der Waals surface area (Å²) in [5.41, 5.74) is -1.59. The second-order valence-corrected chi connectivity index (χ2v) is 4.34. The first-order valence-electron chi connectivity index (χ1n) is 5.41. The second kappa shape index (κ2) is 5.46. The van der Waals surface area contributed by atoms with E-state index in [1.807, 2.05) is 0 Å². The fourth-order valence-corrected chi connectivity index (χ4v) is 1.71. The second-order valence-electron chi connectivity index (χ2n) is 4.34. The van der Waals surface area contributed by atoms with Gasteiger partial charge in [0.15, 0.2) is 0 Å². The van der Waals surface area contributed by atoms with E-state index in [0.29, 0.717) is 0 Å². The Morgan fingerprint density at radius 1 is 1.05 bits per heavy atom. The van der Waals surface area contributed by atoms with Gasteiger partial charge in [0.25, 0.3) is 0 Å². The van der Waals surface area contributed by atoms with Crippen molar-refractivity contribution in [2.45, 2.75) is 24.3 Å². The largest absolute Gasteiger partial charge is 0.471 e. The molecule has 5 nitrogen and oxygen atoms in total. The van der Waals surface area contributed by atoms with Gasteiger partial charge in [0, 0.05) is 13.1 Å². The number of hydrogen-bond acceptors (Lipinski definition) is 3. The van der Waals surface area contributed by atoms with Gasteiger partial charge in [0.05, 0.1) is 5.54 Å². The Kier molecular flexibility index (Phi) is 4.52. The maximum Gasteiger partial charge on any atom is 0.471 e. The Morgan fingerprint density at radius 3 is 2.00 bits per heavy atom. The smallest absolute Gasteiger partial charge is 0.346 e. The normalized spacial score (nSPS) is 23.5. The summed E-state index contributed by atoms with van der Waals surface area (Å²) in [6.07, 6.45) is -10.3. The van der Waals surface area contributed by atoms with Gasteiger partial charge in [-0.15, -0.1) is 0 Å². The van der Waals surface area contributed by atoms with E-state index in [0.717, 1.165) is 0 Å². The molecule has 20 heavy (non-hydrogen) atoms. The molecule has 1 saturated heterocycles. The first-order valence-corrected chi connectivity index (χ1v) is 5.41. The molecular weight excluding hydrogens is 296 g/mol. The van der Waals surface area contributed by atoms with Gasteiger partial charge in [-0.25, -0.2) is 0 Å². The zero-order valence-electron chi connectivity index (χ0n) is 9.91. The fourth-order valence-electron chi connectivity index (χ4n) is 1.71. The van der Waals surface area contributed by atoms with Gasteiger partial charge < -0.3 is 16.0 Å². The van der Waals surface area contributed by atoms with Gasteiger partial charge in [-0.1, -0.05) is 0 Å². The molecule has 1 fully saturated rings. The minimum Gasteiger partial charge on any atom is -0.346 e. The standard InChI is InChI=1S/C9H11F6N3O2/c10-8(11,12)5(19)17-4-7(1-2-16-3-7)18-6(20)9(13,14)15/h16H,1-4H2,(H,17,19)(H,18,20). The molecule has 0 radical (unpaired) electrons. The van der Waals surface area contributed by atoms with Crippen molar-refractivity contribution in [1.29, 1.82) is 0 Å². The summed E-state index contributed by atoms with van der Waals surface area (Å²) >= 11 is 0. The predicted octanol–water partition coefficient (Wildman–Crippen LogP) is 0.0755. The molecule has 0 bridgehead atoms. The van der Waals surface area contributed by atoms with Gasteiger partial charge in [0.1, 0.15) is 0 Å². The van der Waals surface area contributed by atoms with Crippen LogP contribution in [0.25, 0.3) is 0 Å². The Morgan fingerprint density at radius 2 is 1.60 bits per heavy atom. The van der Waals surface area contributed by atoms with Crippen molar-refractivity contribution in [3.63, 3.8) is 0 Å². The summed E-state index contributed by atoms with van der Waals surface area (Å²) in [5.74, 6) is -4.53. The topological polar surface area (TPSA) is 70.2 Å². The molecule has 0 aromatic heterocycles. The zero-order valence-corrected chi connectivity index (χ0v) is 9.91. The molecule has 0 spiro atoms. The SMILES string of the molecule is O=C(NCC1(NC(=O)C(F)(F)F)CCNC1)C(F)(F)F. The molecule has 0 aliphatic carbocycles. The van der Waals surface area contributed by atoms with E-state index in [9.17, 15) is 35.9 Å². The molecule has 3 N–H and O–H groups in total. The van der Waals surface area contributed by atoms with Crippen molar-refractivity contribution in [2.24, 2.45) is 0 Å². The molecular formula is C9H11F6N3O2. The lowest BCUT2D eigenvalue weighted by atomic mass is 9.98. The third-order valence-corrected chi connectivity index (χ3v) is 2.72. The summed E-state index contributed by atoms with van der Waals surface area (Å²) in [7, 11) is 0. The highest BCUT2D eigenvalue weighted by Gasteiger charge is 2.46. The van der Waals surface area contributed by atoms with Gasteiger partial charge in [-0.05, 0) is 13.0 Å². The molecule has 11 heteroatoms. The fraction of sp³-hybridized carbons (Fsp3) is 0.778. The quantitative estimate of drug-likeness (QED) is 0.647. The van der Waals surface area contributed by atoms with Gasteiger partial charge in [-0.3, -0.25) is 9.59 Å². The lowest BCUT2D eigenvalue weighted by Crippen LogP contribution is -2.60. The molecule has 1 atom stereocenters. The highest BCUT2D eigenvalue weighted by Crippen LogP contribution is 2.21. The summed E-state index contributed by atoms with van der Waals surface area (Å²) in [6, 6.07) is 0. The third kappa shape index (κ3) is 4.25. The summed E-state index contributed by atoms with van der Waals surface area (Å²) < 4.78 is 72.5. The van der Waals surface area contributed by atoms with Crippen molar-refractivity contribution < 1.29 is 35.9 Å². The number of nitrogens with one attached hydrogen (secondary N) is 3. The van der Waals surface area contributed by atoms with Crippen molar-refractivity contribution in [3.8, 4) is 0 Å². The molecule has 0 aromatic rings. The predicted molar refractivity (Wildman–Crippen MR) is 53.5 cm³/mol. The van der Waals surface area contributed by atoms with Crippen LogP contribution in [0.2, 0.25) is 0 Å². The Labute approximate surface area is 109 Å². The first-order chi connectivity index (χ1) is 8.96. The summed E-state index contributed by atoms with van der Waals surface area (Å²) in [6.45, 7) is -0.715. The van der Waals surface area contributed by atoms with Crippen LogP contribution in [0.5, 0.6) is 0 Å². The molecule has 1 heterocycles. The Bertz CT molecular complexity index is 386. The van der Waals surface area contributed by atoms with Crippen LogP contribution in [0.3, 0.4) is 0 Å². The number of carbonyl (C=O) groups excluding carboxylic acids is 2. The average Bonchev–Trinajstić information content (AvgIpc) is 2.72. The van der Waals surface area contributed by atoms with Crippen LogP contribution in [0.15, 0.2) is 0 Å². The molecule has 116 valence electrons. The van der Waals surface area contributed by atoms with Gasteiger partial charge in [-0.2, -0.15) is 26.3 Å². The van der Waals surface area contributed by atoms with Crippen molar-refractivity contribution >= 4 is 11.8 Å². The van der Waals surface area contributed by atoms with E-state index in [-0.39, 0.29) is 19.5 Å². The summed E-state index contributed by atoms with van der Waals surface area (Å²) in [4.78, 5) is 21.5. The third-order valence-electron chi connectivity index (χ3n) is 2.72. The van der Waals surface area contributed by atoms with Crippen LogP contribution in [-0.4, -0.2) is 49.3 Å². The Hall–Kier alpha value is -1.52. The van der Waals surface area contributed by atoms with E-state index >= 15 is 0 Å². The maximum atomic E-state index is 12.2. The minimum atomic E-state index is -5.15. The minimum absolute atomic E-state index is 0.0348. The number of carbonyl (C=O) groups is 2. The van der Waals surface area contributed by atoms with Gasteiger partial charge >= 0.3 is 24.2 Å². The lowest BCUT2D eigenvalue weighted by Gasteiger charge is -2.30. The maximum absolute atomic E-state index is 12.2. The highest BCUT2D eigenvalue weighted by atomic mass is 19.4. The molecule has 1 aliphatic heterocycles. The van der Waals surface area contributed by atoms with E-state index in [4.69, 9.17) is 0 Å². The summed E-state index contributed by atoms with van der Waals surface area (Å²) in [5, 5.41) is 5.72. The number of amides is 2. The highest BCUT2D eigenvalue weighted by molar-refractivity contribution is 5.83. The molecule has 2 amide bonds. The van der Waals surface area contributed by atoms with Crippen molar-refractivity contribution in [2.75, 3.05) is 19.6 Å². The zero-order chi connectivity index (χ0) is 15.6. The first kappa shape index (κ1) is 16.5. The van der Waals surface area contributed by atoms with E-state index in [1.54, 1.807) is 5.32 Å². The van der Waals surface area contributed by atoms with Crippen LogP contribution in [0, 0.1) is 0 Å². The average molecular weight is 307 g/mol. The molecule has 1 rings (SSSR count). The van der Waals surface area contributed by atoms with Crippen molar-refractivity contribution in [1.82, 2.24) is 16.0 Å². The molecule has 0 aromatic carbocycles. The van der Waals surface area contributed by atoms with Crippen LogP contribution in [0.1, 0.15) is 6.42 Å². The van der Waals surface area contributed by atoms with Crippen molar-refractivity contribution in [3.05, 3.63) is 0 Å². The van der Waals surface area contributed by atoms with Crippen LogP contribution in [0.4, 0.5) is 26.3 Å². The monoisotopic (exact) mass is 307 g/mol.